The van der Waals surface area contributed by atoms with Crippen LogP contribution in [0.4, 0.5) is 11.5 Å². The Hall–Kier alpha value is -1.19. The predicted octanol–water partition coefficient (Wildman–Crippen LogP) is 2.61. The van der Waals surface area contributed by atoms with Crippen LogP contribution in [0.3, 0.4) is 0 Å². The predicted molar refractivity (Wildman–Crippen MR) is 68.1 cm³/mol. The highest BCUT2D eigenvalue weighted by molar-refractivity contribution is 5.71. The van der Waals surface area contributed by atoms with Gasteiger partial charge in [0.1, 0.15) is 11.5 Å². The largest absolute Gasteiger partial charge is 0.378 e. The van der Waals surface area contributed by atoms with Crippen molar-refractivity contribution in [3.05, 3.63) is 5.69 Å². The fourth-order valence-corrected chi connectivity index (χ4v) is 2.38. The molecule has 2 N–H and O–H groups in total. The van der Waals surface area contributed by atoms with E-state index in [2.05, 4.69) is 48.1 Å². The summed E-state index contributed by atoms with van der Waals surface area (Å²) in [4.78, 5) is 0. The van der Waals surface area contributed by atoms with Crippen molar-refractivity contribution in [2.75, 3.05) is 17.2 Å². The number of rotatable bonds is 3. The van der Waals surface area contributed by atoms with E-state index in [4.69, 9.17) is 0 Å². The molecule has 0 aliphatic carbocycles. The maximum Gasteiger partial charge on any atom is 0.148 e. The first kappa shape index (κ1) is 11.3. The average Bonchev–Trinajstić information content (AvgIpc) is 2.65. The molecular weight excluding hydrogens is 200 g/mol. The number of nitrogens with one attached hydrogen (secondary N) is 2. The van der Waals surface area contributed by atoms with Crippen molar-refractivity contribution in [3.8, 4) is 0 Å². The van der Waals surface area contributed by atoms with Gasteiger partial charge >= 0.3 is 0 Å². The minimum Gasteiger partial charge on any atom is -0.378 e. The molecule has 0 fully saturated rings. The minimum absolute atomic E-state index is 0.187. The molecule has 4 nitrogen and oxygen atoms in total. The lowest BCUT2D eigenvalue weighted by molar-refractivity contribution is 0.444. The van der Waals surface area contributed by atoms with Gasteiger partial charge in [-0.3, -0.25) is 0 Å². The normalized spacial score (nSPS) is 17.5. The van der Waals surface area contributed by atoms with Crippen molar-refractivity contribution < 1.29 is 0 Å². The third-order valence-corrected chi connectivity index (χ3v) is 3.77. The molecule has 2 rings (SSSR count). The smallest absolute Gasteiger partial charge is 0.148 e. The van der Waals surface area contributed by atoms with Crippen LogP contribution in [0.15, 0.2) is 0 Å². The van der Waals surface area contributed by atoms with Gasteiger partial charge in [-0.15, -0.1) is 0 Å². The zero-order chi connectivity index (χ0) is 11.8. The Labute approximate surface area is 97.4 Å². The highest BCUT2D eigenvalue weighted by atomic mass is 15.4. The average molecular weight is 222 g/mol. The second-order valence-corrected chi connectivity index (χ2v) is 4.59. The topological polar surface area (TPSA) is 41.9 Å². The van der Waals surface area contributed by atoms with E-state index in [1.165, 1.54) is 5.69 Å². The molecule has 1 aromatic heterocycles. The number of fused-ring (bicyclic) bond motifs is 1. The molecule has 90 valence electrons. The van der Waals surface area contributed by atoms with Gasteiger partial charge in [-0.25, -0.2) is 4.68 Å². The lowest BCUT2D eigenvalue weighted by atomic mass is 9.91. The summed E-state index contributed by atoms with van der Waals surface area (Å²) in [5.41, 5.74) is 2.45. The first-order chi connectivity index (χ1) is 7.65. The van der Waals surface area contributed by atoms with Gasteiger partial charge in [0.25, 0.3) is 0 Å². The summed E-state index contributed by atoms with van der Waals surface area (Å²) in [6.45, 7) is 10.6. The maximum absolute atomic E-state index is 4.54. The lowest BCUT2D eigenvalue weighted by Gasteiger charge is -2.38. The van der Waals surface area contributed by atoms with Gasteiger partial charge in [0.15, 0.2) is 0 Å². The molecule has 0 unspecified atom stereocenters. The second kappa shape index (κ2) is 4.00. The van der Waals surface area contributed by atoms with Crippen molar-refractivity contribution >= 4 is 11.5 Å². The maximum atomic E-state index is 4.54. The van der Waals surface area contributed by atoms with Crippen molar-refractivity contribution in [2.24, 2.45) is 0 Å². The monoisotopic (exact) mass is 222 g/mol. The molecule has 0 radical (unpaired) electrons. The number of aromatic nitrogens is 2. The van der Waals surface area contributed by atoms with Gasteiger partial charge in [-0.2, -0.15) is 5.10 Å². The van der Waals surface area contributed by atoms with Crippen molar-refractivity contribution in [1.82, 2.24) is 9.78 Å². The van der Waals surface area contributed by atoms with Crippen LogP contribution in [-0.4, -0.2) is 21.9 Å². The fourth-order valence-electron chi connectivity index (χ4n) is 2.38. The molecule has 0 aromatic carbocycles. The summed E-state index contributed by atoms with van der Waals surface area (Å²) >= 11 is 0. The molecule has 4 heteroatoms. The molecule has 0 saturated carbocycles. The second-order valence-electron chi connectivity index (χ2n) is 4.59. The van der Waals surface area contributed by atoms with E-state index in [9.17, 15) is 0 Å². The Balaban J connectivity index is 2.38. The quantitative estimate of drug-likeness (QED) is 0.826. The number of nitrogens with zero attached hydrogens (tertiary/aromatic N) is 2. The zero-order valence-corrected chi connectivity index (χ0v) is 10.7. The Bertz CT molecular complexity index is 377. The summed E-state index contributed by atoms with van der Waals surface area (Å²) in [6, 6.07) is 0. The van der Waals surface area contributed by atoms with Gasteiger partial charge in [0.05, 0.1) is 11.2 Å². The molecule has 0 amide bonds. The summed E-state index contributed by atoms with van der Waals surface area (Å²) in [5.74, 6) is 1.16. The number of hydrogen-bond donors (Lipinski definition) is 2. The molecule has 2 heterocycles. The lowest BCUT2D eigenvalue weighted by Crippen LogP contribution is -2.47. The van der Waals surface area contributed by atoms with E-state index in [1.807, 2.05) is 0 Å². The van der Waals surface area contributed by atoms with Crippen LogP contribution in [0.2, 0.25) is 0 Å². The van der Waals surface area contributed by atoms with Crippen LogP contribution in [0, 0.1) is 6.92 Å². The number of hydrogen-bond acceptors (Lipinski definition) is 3. The Morgan fingerprint density at radius 3 is 2.56 bits per heavy atom. The highest BCUT2D eigenvalue weighted by Gasteiger charge is 2.33. The first-order valence-electron chi connectivity index (χ1n) is 6.25. The number of anilines is 2. The Morgan fingerprint density at radius 2 is 2.00 bits per heavy atom. The van der Waals surface area contributed by atoms with Crippen LogP contribution < -0.4 is 10.6 Å². The van der Waals surface area contributed by atoms with Crippen molar-refractivity contribution in [1.29, 1.82) is 0 Å². The summed E-state index contributed by atoms with van der Waals surface area (Å²) in [6.07, 6.45) is 2.26. The van der Waals surface area contributed by atoms with Crippen LogP contribution >= 0.6 is 0 Å². The van der Waals surface area contributed by atoms with Crippen molar-refractivity contribution in [2.45, 2.75) is 52.6 Å². The molecule has 1 aliphatic heterocycles. The van der Waals surface area contributed by atoms with Gasteiger partial charge in [0.2, 0.25) is 0 Å². The molecule has 0 spiro atoms. The zero-order valence-electron chi connectivity index (χ0n) is 10.7. The fraction of sp³-hybridized carbons (Fsp3) is 0.750. The van der Waals surface area contributed by atoms with Crippen LogP contribution in [0.1, 0.15) is 39.3 Å². The van der Waals surface area contributed by atoms with Crippen LogP contribution in [0.25, 0.3) is 0 Å². The molecule has 0 atom stereocenters. The van der Waals surface area contributed by atoms with E-state index in [0.29, 0.717) is 0 Å². The van der Waals surface area contributed by atoms with E-state index in [1.54, 1.807) is 0 Å². The molecule has 1 aliphatic rings. The Morgan fingerprint density at radius 1 is 1.31 bits per heavy atom. The third-order valence-electron chi connectivity index (χ3n) is 3.77. The van der Waals surface area contributed by atoms with Gasteiger partial charge in [-0.05, 0) is 26.7 Å². The van der Waals surface area contributed by atoms with E-state index in [-0.39, 0.29) is 5.54 Å². The minimum atomic E-state index is 0.187. The van der Waals surface area contributed by atoms with Crippen molar-refractivity contribution in [3.63, 3.8) is 0 Å². The summed E-state index contributed by atoms with van der Waals surface area (Å²) in [5, 5.41) is 11.8. The Kier molecular flexibility index (Phi) is 2.82. The van der Waals surface area contributed by atoms with Gasteiger partial charge in [0, 0.05) is 13.1 Å². The summed E-state index contributed by atoms with van der Waals surface area (Å²) in [7, 11) is 0. The van der Waals surface area contributed by atoms with E-state index in [0.717, 1.165) is 37.4 Å². The molecular formula is C12H22N4. The molecule has 1 aromatic rings. The highest BCUT2D eigenvalue weighted by Crippen LogP contribution is 2.35. The summed E-state index contributed by atoms with van der Waals surface area (Å²) < 4.78 is 2.05. The van der Waals surface area contributed by atoms with Gasteiger partial charge < -0.3 is 10.6 Å². The first-order valence-corrected chi connectivity index (χ1v) is 6.25. The van der Waals surface area contributed by atoms with Crippen LogP contribution in [-0.2, 0) is 6.54 Å². The van der Waals surface area contributed by atoms with Gasteiger partial charge in [-0.1, -0.05) is 13.8 Å². The standard InChI is InChI=1S/C12H22N4/c1-5-12(6-2)8-13-10-9(4)15-16(7-3)11(10)14-12/h13-14H,5-8H2,1-4H3. The number of aryl methyl sites for hydroxylation is 2. The molecule has 0 saturated heterocycles. The third kappa shape index (κ3) is 1.56. The molecule has 16 heavy (non-hydrogen) atoms. The van der Waals surface area contributed by atoms with E-state index < -0.39 is 0 Å². The molecule has 0 bridgehead atoms. The SMILES string of the molecule is CCn1nc(C)c2c1NC(CC)(CC)CN2. The van der Waals surface area contributed by atoms with Crippen LogP contribution in [0.5, 0.6) is 0 Å². The van der Waals surface area contributed by atoms with E-state index >= 15 is 0 Å².